The van der Waals surface area contributed by atoms with Gasteiger partial charge in [0.15, 0.2) is 9.84 Å². The third-order valence-electron chi connectivity index (χ3n) is 3.64. The molecule has 0 saturated heterocycles. The van der Waals surface area contributed by atoms with Gasteiger partial charge in [-0.2, -0.15) is 0 Å². The molecule has 0 bridgehead atoms. The van der Waals surface area contributed by atoms with Gasteiger partial charge in [-0.1, -0.05) is 0 Å². The molecular formula is C15H15N3O3S. The van der Waals surface area contributed by atoms with E-state index in [1.165, 1.54) is 16.7 Å². The van der Waals surface area contributed by atoms with E-state index in [0.29, 0.717) is 27.7 Å². The first-order valence-corrected chi connectivity index (χ1v) is 8.45. The molecule has 0 aliphatic carbocycles. The largest absolute Gasteiger partial charge is 0.398 e. The molecule has 3 N–H and O–H groups in total. The second-order valence-corrected chi connectivity index (χ2v) is 7.26. The normalized spacial score (nSPS) is 11.9. The van der Waals surface area contributed by atoms with Crippen LogP contribution in [0.15, 0.2) is 46.3 Å². The van der Waals surface area contributed by atoms with Crippen LogP contribution in [-0.4, -0.2) is 24.2 Å². The molecule has 0 spiro atoms. The van der Waals surface area contributed by atoms with E-state index in [-0.39, 0.29) is 10.5 Å². The number of anilines is 1. The number of nitrogen functional groups attached to an aromatic ring is 1. The van der Waals surface area contributed by atoms with Crippen LogP contribution in [-0.2, 0) is 16.9 Å². The fourth-order valence-corrected chi connectivity index (χ4v) is 3.13. The Balaban J connectivity index is 2.40. The number of H-pyrrole nitrogens is 1. The average Bonchev–Trinajstić information content (AvgIpc) is 2.92. The van der Waals surface area contributed by atoms with Gasteiger partial charge in [-0.25, -0.2) is 8.42 Å². The van der Waals surface area contributed by atoms with Gasteiger partial charge in [0.25, 0.3) is 5.56 Å². The van der Waals surface area contributed by atoms with Gasteiger partial charge in [-0.05, 0) is 24.3 Å². The SMILES string of the molecule is Cn1cc(-c2cc(S(C)(=O)=O)ccc2N)c2cc[nH]c2c1=O. The summed E-state index contributed by atoms with van der Waals surface area (Å²) in [7, 11) is -1.70. The van der Waals surface area contributed by atoms with Crippen LogP contribution in [0.3, 0.4) is 0 Å². The maximum Gasteiger partial charge on any atom is 0.274 e. The molecule has 0 fully saturated rings. The molecule has 0 saturated carbocycles. The molecule has 22 heavy (non-hydrogen) atoms. The first-order chi connectivity index (χ1) is 10.3. The van der Waals surface area contributed by atoms with E-state index in [0.717, 1.165) is 6.26 Å². The molecule has 2 aromatic heterocycles. The van der Waals surface area contributed by atoms with Crippen molar-refractivity contribution >= 4 is 26.4 Å². The number of fused-ring (bicyclic) bond motifs is 1. The number of hydrogen-bond acceptors (Lipinski definition) is 4. The fraction of sp³-hybridized carbons (Fsp3) is 0.133. The number of benzene rings is 1. The van der Waals surface area contributed by atoms with E-state index in [9.17, 15) is 13.2 Å². The number of pyridine rings is 1. The summed E-state index contributed by atoms with van der Waals surface area (Å²) in [6.45, 7) is 0. The molecule has 0 unspecified atom stereocenters. The molecule has 3 aromatic rings. The standard InChI is InChI=1S/C15H15N3O3S/c1-18-8-12(10-5-6-17-14(10)15(18)19)11-7-9(22(2,20)21)3-4-13(11)16/h3-8,17H,16H2,1-2H3. The second kappa shape index (κ2) is 4.74. The van der Waals surface area contributed by atoms with Gasteiger partial charge >= 0.3 is 0 Å². The fourth-order valence-electron chi connectivity index (χ4n) is 2.48. The van der Waals surface area contributed by atoms with Crippen molar-refractivity contribution in [2.24, 2.45) is 7.05 Å². The molecule has 0 aliphatic rings. The number of rotatable bonds is 2. The highest BCUT2D eigenvalue weighted by atomic mass is 32.2. The summed E-state index contributed by atoms with van der Waals surface area (Å²) in [6.07, 6.45) is 4.48. The number of aryl methyl sites for hydroxylation is 1. The third kappa shape index (κ3) is 2.19. The Morgan fingerprint density at radius 3 is 2.59 bits per heavy atom. The minimum absolute atomic E-state index is 0.151. The summed E-state index contributed by atoms with van der Waals surface area (Å²) >= 11 is 0. The average molecular weight is 317 g/mol. The molecule has 0 radical (unpaired) electrons. The number of sulfone groups is 1. The van der Waals surface area contributed by atoms with Gasteiger partial charge in [0.2, 0.25) is 0 Å². The Bertz CT molecular complexity index is 1050. The number of aromatic nitrogens is 2. The van der Waals surface area contributed by atoms with Crippen molar-refractivity contribution in [1.29, 1.82) is 0 Å². The maximum absolute atomic E-state index is 12.1. The van der Waals surface area contributed by atoms with Crippen LogP contribution >= 0.6 is 0 Å². The lowest BCUT2D eigenvalue weighted by molar-refractivity contribution is 0.602. The van der Waals surface area contributed by atoms with Gasteiger partial charge in [0.1, 0.15) is 5.52 Å². The molecule has 0 amide bonds. The predicted molar refractivity (Wildman–Crippen MR) is 86.5 cm³/mol. The predicted octanol–water partition coefficient (Wildman–Crippen LogP) is 1.52. The van der Waals surface area contributed by atoms with Crippen LogP contribution in [0.5, 0.6) is 0 Å². The van der Waals surface area contributed by atoms with Crippen molar-refractivity contribution in [3.05, 3.63) is 47.0 Å². The molecule has 0 aliphatic heterocycles. The first-order valence-electron chi connectivity index (χ1n) is 6.55. The van der Waals surface area contributed by atoms with Crippen molar-refractivity contribution < 1.29 is 8.42 Å². The number of nitrogens with zero attached hydrogens (tertiary/aromatic N) is 1. The van der Waals surface area contributed by atoms with Gasteiger partial charge in [0, 0.05) is 47.9 Å². The molecule has 3 rings (SSSR count). The maximum atomic E-state index is 12.1. The van der Waals surface area contributed by atoms with Crippen molar-refractivity contribution in [1.82, 2.24) is 9.55 Å². The van der Waals surface area contributed by atoms with Gasteiger partial charge in [0.05, 0.1) is 4.90 Å². The van der Waals surface area contributed by atoms with Crippen LogP contribution in [0.4, 0.5) is 5.69 Å². The zero-order chi connectivity index (χ0) is 16.1. The summed E-state index contributed by atoms with van der Waals surface area (Å²) < 4.78 is 25.0. The number of nitrogens with two attached hydrogens (primary N) is 1. The molecule has 0 atom stereocenters. The highest BCUT2D eigenvalue weighted by Gasteiger charge is 2.15. The van der Waals surface area contributed by atoms with E-state index in [1.807, 2.05) is 0 Å². The summed E-state index contributed by atoms with van der Waals surface area (Å²) in [6, 6.07) is 6.36. The minimum atomic E-state index is -3.34. The topological polar surface area (TPSA) is 97.9 Å². The van der Waals surface area contributed by atoms with E-state index >= 15 is 0 Å². The Morgan fingerprint density at radius 1 is 1.18 bits per heavy atom. The lowest BCUT2D eigenvalue weighted by Gasteiger charge is -2.11. The lowest BCUT2D eigenvalue weighted by Crippen LogP contribution is -2.16. The van der Waals surface area contributed by atoms with Gasteiger partial charge in [-0.3, -0.25) is 4.79 Å². The summed E-state index contributed by atoms with van der Waals surface area (Å²) in [5, 5.41) is 0.709. The molecule has 2 heterocycles. The number of nitrogens with one attached hydrogen (secondary N) is 1. The summed E-state index contributed by atoms with van der Waals surface area (Å²) in [5.74, 6) is 0. The summed E-state index contributed by atoms with van der Waals surface area (Å²) in [4.78, 5) is 15.2. The van der Waals surface area contributed by atoms with E-state index in [4.69, 9.17) is 5.73 Å². The molecule has 7 heteroatoms. The van der Waals surface area contributed by atoms with Crippen molar-refractivity contribution in [3.63, 3.8) is 0 Å². The van der Waals surface area contributed by atoms with Crippen LogP contribution < -0.4 is 11.3 Å². The highest BCUT2D eigenvalue weighted by Crippen LogP contribution is 2.32. The van der Waals surface area contributed by atoms with Crippen molar-refractivity contribution in [2.45, 2.75) is 4.90 Å². The van der Waals surface area contributed by atoms with Gasteiger partial charge < -0.3 is 15.3 Å². The van der Waals surface area contributed by atoms with Crippen molar-refractivity contribution in [3.8, 4) is 11.1 Å². The summed E-state index contributed by atoms with van der Waals surface area (Å²) in [5.41, 5.74) is 8.08. The van der Waals surface area contributed by atoms with Crippen LogP contribution in [0, 0.1) is 0 Å². The van der Waals surface area contributed by atoms with E-state index in [2.05, 4.69) is 4.98 Å². The zero-order valence-electron chi connectivity index (χ0n) is 12.1. The smallest absolute Gasteiger partial charge is 0.274 e. The molecule has 6 nitrogen and oxygen atoms in total. The molecular weight excluding hydrogens is 302 g/mol. The lowest BCUT2D eigenvalue weighted by atomic mass is 10.0. The van der Waals surface area contributed by atoms with E-state index in [1.54, 1.807) is 31.6 Å². The highest BCUT2D eigenvalue weighted by molar-refractivity contribution is 7.90. The Morgan fingerprint density at radius 2 is 1.91 bits per heavy atom. The number of hydrogen-bond donors (Lipinski definition) is 2. The third-order valence-corrected chi connectivity index (χ3v) is 4.75. The molecule has 114 valence electrons. The van der Waals surface area contributed by atoms with Crippen LogP contribution in [0.25, 0.3) is 22.0 Å². The second-order valence-electron chi connectivity index (χ2n) is 5.25. The number of aromatic amines is 1. The van der Waals surface area contributed by atoms with Crippen molar-refractivity contribution in [2.75, 3.05) is 12.0 Å². The minimum Gasteiger partial charge on any atom is -0.398 e. The molecule has 1 aromatic carbocycles. The Kier molecular flexibility index (Phi) is 3.10. The van der Waals surface area contributed by atoms with Gasteiger partial charge in [-0.15, -0.1) is 0 Å². The van der Waals surface area contributed by atoms with E-state index < -0.39 is 9.84 Å². The Labute approximate surface area is 127 Å². The van der Waals surface area contributed by atoms with Crippen LogP contribution in [0.1, 0.15) is 0 Å². The van der Waals surface area contributed by atoms with Crippen LogP contribution in [0.2, 0.25) is 0 Å². The monoisotopic (exact) mass is 317 g/mol. The Hall–Kier alpha value is -2.54. The quantitative estimate of drug-likeness (QED) is 0.700. The first kappa shape index (κ1) is 14.4. The zero-order valence-corrected chi connectivity index (χ0v) is 12.9.